The summed E-state index contributed by atoms with van der Waals surface area (Å²) in [7, 11) is 0. The maximum atomic E-state index is 13.0. The Morgan fingerprint density at radius 3 is 2.14 bits per heavy atom. The number of hydrogen-bond donors (Lipinski definition) is 3. The lowest BCUT2D eigenvalue weighted by Gasteiger charge is -2.23. The Bertz CT molecular complexity index is 822. The minimum atomic E-state index is -1.05. The molecule has 0 aliphatic heterocycles. The van der Waals surface area contributed by atoms with Gasteiger partial charge in [0.15, 0.2) is 0 Å². The van der Waals surface area contributed by atoms with Crippen molar-refractivity contribution in [1.29, 1.82) is 0 Å². The van der Waals surface area contributed by atoms with Crippen molar-refractivity contribution in [2.45, 2.75) is 25.8 Å². The molecule has 2 aromatic carbocycles. The van der Waals surface area contributed by atoms with Crippen molar-refractivity contribution in [3.63, 3.8) is 0 Å². The lowest BCUT2D eigenvalue weighted by Crippen LogP contribution is -2.50. The van der Waals surface area contributed by atoms with Gasteiger partial charge in [-0.15, -0.1) is 0 Å². The van der Waals surface area contributed by atoms with Gasteiger partial charge in [0.05, 0.1) is 5.92 Å². The molecule has 148 valence electrons. The summed E-state index contributed by atoms with van der Waals surface area (Å²) >= 11 is 0. The Balaban J connectivity index is 2.04. The van der Waals surface area contributed by atoms with Crippen LogP contribution < -0.4 is 10.6 Å². The second-order valence-electron chi connectivity index (χ2n) is 6.75. The van der Waals surface area contributed by atoms with Crippen LogP contribution in [0.3, 0.4) is 0 Å². The summed E-state index contributed by atoms with van der Waals surface area (Å²) in [5.74, 6) is -3.63. The highest BCUT2D eigenvalue weighted by atomic mass is 19.1. The van der Waals surface area contributed by atoms with Crippen molar-refractivity contribution in [2.24, 2.45) is 5.92 Å². The molecule has 0 aliphatic rings. The van der Waals surface area contributed by atoms with Gasteiger partial charge in [-0.25, -0.2) is 4.39 Å². The molecule has 0 fully saturated rings. The summed E-state index contributed by atoms with van der Waals surface area (Å²) < 4.78 is 13.0. The molecule has 2 amide bonds. The second kappa shape index (κ2) is 9.64. The highest BCUT2D eigenvalue weighted by Crippen LogP contribution is 2.15. The van der Waals surface area contributed by atoms with Gasteiger partial charge in [0, 0.05) is 12.1 Å². The first kappa shape index (κ1) is 21.1. The van der Waals surface area contributed by atoms with Gasteiger partial charge >= 0.3 is 5.97 Å². The quantitative estimate of drug-likeness (QED) is 0.650. The van der Waals surface area contributed by atoms with Crippen LogP contribution in [-0.2, 0) is 9.59 Å². The van der Waals surface area contributed by atoms with Gasteiger partial charge in [0.1, 0.15) is 11.9 Å². The summed E-state index contributed by atoms with van der Waals surface area (Å²) in [5.41, 5.74) is 0.805. The number of carboxylic acids is 1. The van der Waals surface area contributed by atoms with E-state index in [0.717, 1.165) is 12.1 Å². The van der Waals surface area contributed by atoms with E-state index in [1.165, 1.54) is 12.1 Å². The van der Waals surface area contributed by atoms with Crippen molar-refractivity contribution in [3.8, 4) is 0 Å². The Hall–Kier alpha value is -3.22. The van der Waals surface area contributed by atoms with Gasteiger partial charge in [-0.3, -0.25) is 14.4 Å². The fraction of sp³-hybridized carbons (Fsp3) is 0.286. The summed E-state index contributed by atoms with van der Waals surface area (Å²) in [6.07, 6.45) is 0. The average molecular weight is 386 g/mol. The summed E-state index contributed by atoms with van der Waals surface area (Å²) in [5, 5.41) is 14.7. The number of halogens is 1. The SMILES string of the molecule is CC(C)C(NC(=O)c1ccc(F)cc1)C(=O)NCC(C(=O)O)c1ccccc1. The standard InChI is InChI=1S/C21H23FN2O4/c1-13(2)18(24-19(25)15-8-10-16(22)11-9-15)20(26)23-12-17(21(27)28)14-6-4-3-5-7-14/h3-11,13,17-18H,12H2,1-2H3,(H,23,26)(H,24,25)(H,27,28). The number of nitrogens with one attached hydrogen (secondary N) is 2. The molecule has 3 N–H and O–H groups in total. The molecule has 7 heteroatoms. The molecule has 2 aromatic rings. The van der Waals surface area contributed by atoms with Crippen molar-refractivity contribution < 1.29 is 23.9 Å². The number of carbonyl (C=O) groups excluding carboxylic acids is 2. The first-order valence-electron chi connectivity index (χ1n) is 8.91. The molecule has 2 atom stereocenters. The lowest BCUT2D eigenvalue weighted by molar-refractivity contribution is -0.138. The Kier molecular flexibility index (Phi) is 7.26. The minimum Gasteiger partial charge on any atom is -0.481 e. The molecule has 6 nitrogen and oxygen atoms in total. The van der Waals surface area contributed by atoms with Gasteiger partial charge in [0.25, 0.3) is 5.91 Å². The smallest absolute Gasteiger partial charge is 0.312 e. The number of aliphatic carboxylic acids is 1. The predicted molar refractivity (Wildman–Crippen MR) is 102 cm³/mol. The third kappa shape index (κ3) is 5.64. The van der Waals surface area contributed by atoms with Crippen LogP contribution in [0, 0.1) is 11.7 Å². The van der Waals surface area contributed by atoms with Crippen LogP contribution in [0.1, 0.15) is 35.7 Å². The van der Waals surface area contributed by atoms with E-state index in [1.807, 2.05) is 0 Å². The number of benzene rings is 2. The number of amides is 2. The Labute approximate surface area is 162 Å². The monoisotopic (exact) mass is 386 g/mol. The van der Waals surface area contributed by atoms with Crippen molar-refractivity contribution in [1.82, 2.24) is 10.6 Å². The van der Waals surface area contributed by atoms with E-state index in [4.69, 9.17) is 0 Å². The van der Waals surface area contributed by atoms with Gasteiger partial charge in [-0.2, -0.15) is 0 Å². The summed E-state index contributed by atoms with van der Waals surface area (Å²) in [6.45, 7) is 3.43. The van der Waals surface area contributed by atoms with Crippen LogP contribution in [0.2, 0.25) is 0 Å². The third-order valence-corrected chi connectivity index (χ3v) is 4.32. The zero-order valence-electron chi connectivity index (χ0n) is 15.7. The van der Waals surface area contributed by atoms with E-state index < -0.39 is 35.6 Å². The normalized spacial score (nSPS) is 12.9. The zero-order valence-corrected chi connectivity index (χ0v) is 15.7. The van der Waals surface area contributed by atoms with Crippen molar-refractivity contribution in [3.05, 3.63) is 71.5 Å². The van der Waals surface area contributed by atoms with E-state index in [9.17, 15) is 23.9 Å². The number of carbonyl (C=O) groups is 3. The van der Waals surface area contributed by atoms with Gasteiger partial charge in [-0.1, -0.05) is 44.2 Å². The maximum Gasteiger partial charge on any atom is 0.312 e. The number of rotatable bonds is 8. The molecule has 28 heavy (non-hydrogen) atoms. The first-order chi connectivity index (χ1) is 13.3. The van der Waals surface area contributed by atoms with E-state index in [1.54, 1.807) is 44.2 Å². The topological polar surface area (TPSA) is 95.5 Å². The van der Waals surface area contributed by atoms with Crippen molar-refractivity contribution >= 4 is 17.8 Å². The molecule has 0 spiro atoms. The average Bonchev–Trinajstić information content (AvgIpc) is 2.66. The van der Waals surface area contributed by atoms with E-state index in [-0.39, 0.29) is 18.0 Å². The van der Waals surface area contributed by atoms with Gasteiger partial charge in [-0.05, 0) is 35.7 Å². The predicted octanol–water partition coefficient (Wildman–Crippen LogP) is 2.56. The van der Waals surface area contributed by atoms with Crippen LogP contribution in [-0.4, -0.2) is 35.5 Å². The van der Waals surface area contributed by atoms with Crippen molar-refractivity contribution in [2.75, 3.05) is 6.54 Å². The van der Waals surface area contributed by atoms with E-state index >= 15 is 0 Å². The van der Waals surface area contributed by atoms with Crippen LogP contribution in [0.5, 0.6) is 0 Å². The molecule has 0 bridgehead atoms. The third-order valence-electron chi connectivity index (χ3n) is 4.32. The second-order valence-corrected chi connectivity index (χ2v) is 6.75. The van der Waals surface area contributed by atoms with Gasteiger partial charge in [0.2, 0.25) is 5.91 Å². The summed E-state index contributed by atoms with van der Waals surface area (Å²) in [4.78, 5) is 36.5. The molecule has 0 saturated heterocycles. The Morgan fingerprint density at radius 1 is 1.00 bits per heavy atom. The largest absolute Gasteiger partial charge is 0.481 e. The highest BCUT2D eigenvalue weighted by molar-refractivity contribution is 5.97. The van der Waals surface area contributed by atoms with Crippen LogP contribution >= 0.6 is 0 Å². The minimum absolute atomic E-state index is 0.103. The lowest BCUT2D eigenvalue weighted by atomic mass is 9.98. The molecule has 2 unspecified atom stereocenters. The summed E-state index contributed by atoms with van der Waals surface area (Å²) in [6, 6.07) is 12.7. The van der Waals surface area contributed by atoms with Crippen LogP contribution in [0.15, 0.2) is 54.6 Å². The first-order valence-corrected chi connectivity index (χ1v) is 8.91. The fourth-order valence-corrected chi connectivity index (χ4v) is 2.71. The fourth-order valence-electron chi connectivity index (χ4n) is 2.71. The van der Waals surface area contributed by atoms with Crippen LogP contribution in [0.4, 0.5) is 4.39 Å². The van der Waals surface area contributed by atoms with Gasteiger partial charge < -0.3 is 15.7 Å². The molecule has 0 aromatic heterocycles. The Morgan fingerprint density at radius 2 is 1.61 bits per heavy atom. The molecular formula is C21H23FN2O4. The molecule has 0 heterocycles. The maximum absolute atomic E-state index is 13.0. The number of carboxylic acid groups (broad SMARTS) is 1. The number of hydrogen-bond acceptors (Lipinski definition) is 3. The molecule has 0 radical (unpaired) electrons. The zero-order chi connectivity index (χ0) is 20.7. The molecular weight excluding hydrogens is 363 g/mol. The molecule has 0 saturated carbocycles. The van der Waals surface area contributed by atoms with Crippen LogP contribution in [0.25, 0.3) is 0 Å². The highest BCUT2D eigenvalue weighted by Gasteiger charge is 2.27. The van der Waals surface area contributed by atoms with E-state index in [2.05, 4.69) is 10.6 Å². The van der Waals surface area contributed by atoms with E-state index in [0.29, 0.717) is 5.56 Å². The molecule has 2 rings (SSSR count). The molecule has 0 aliphatic carbocycles.